The number of carboxylic acid groups (broad SMARTS) is 1. The van der Waals surface area contributed by atoms with Crippen LogP contribution in [0, 0.1) is 11.6 Å². The Labute approximate surface area is 132 Å². The van der Waals surface area contributed by atoms with Crippen molar-refractivity contribution >= 4 is 21.7 Å². The molecule has 0 aliphatic heterocycles. The molecule has 23 heavy (non-hydrogen) atoms. The van der Waals surface area contributed by atoms with E-state index in [0.29, 0.717) is 12.8 Å². The minimum atomic E-state index is -4.31. The maximum Gasteiger partial charge on any atom is 0.332 e. The first-order valence-corrected chi connectivity index (χ1v) is 8.44. The van der Waals surface area contributed by atoms with Crippen LogP contribution < -0.4 is 10.5 Å². The third-order valence-electron chi connectivity index (χ3n) is 3.59. The second-order valence-electron chi connectivity index (χ2n) is 5.17. The first-order chi connectivity index (χ1) is 10.8. The number of carboxylic acids is 1. The van der Waals surface area contributed by atoms with Gasteiger partial charge in [-0.25, -0.2) is 22.0 Å². The van der Waals surface area contributed by atoms with Gasteiger partial charge in [-0.05, 0) is 37.0 Å². The maximum absolute atomic E-state index is 13.9. The van der Waals surface area contributed by atoms with Crippen LogP contribution in [-0.2, 0) is 21.4 Å². The van der Waals surface area contributed by atoms with Crippen LogP contribution in [0.3, 0.4) is 0 Å². The van der Waals surface area contributed by atoms with Gasteiger partial charge in [-0.1, -0.05) is 6.08 Å². The number of aliphatic carboxylic acids is 1. The van der Waals surface area contributed by atoms with Crippen LogP contribution in [0.2, 0.25) is 0 Å². The van der Waals surface area contributed by atoms with Crippen molar-refractivity contribution in [1.29, 1.82) is 0 Å². The quantitative estimate of drug-likeness (QED) is 0.752. The van der Waals surface area contributed by atoms with Gasteiger partial charge in [-0.15, -0.1) is 0 Å². The average molecular weight is 346 g/mol. The van der Waals surface area contributed by atoms with Gasteiger partial charge in [0.05, 0.1) is 5.57 Å². The second kappa shape index (κ2) is 6.63. The molecule has 1 aromatic carbocycles. The molecule has 4 N–H and O–H groups in total. The molecule has 0 amide bonds. The molecule has 0 saturated heterocycles. The lowest BCUT2D eigenvalue weighted by Gasteiger charge is -2.23. The Balaban J connectivity index is 2.37. The van der Waals surface area contributed by atoms with E-state index in [1.807, 2.05) is 4.72 Å². The summed E-state index contributed by atoms with van der Waals surface area (Å²) in [5.41, 5.74) is 4.34. The molecule has 0 saturated carbocycles. The number of allylic oxidation sites excluding steroid dienone is 1. The van der Waals surface area contributed by atoms with Gasteiger partial charge in [-0.2, -0.15) is 0 Å². The van der Waals surface area contributed by atoms with Crippen LogP contribution in [0.15, 0.2) is 23.8 Å². The summed E-state index contributed by atoms with van der Waals surface area (Å²) in [7, 11) is -4.31. The number of benzene rings is 1. The van der Waals surface area contributed by atoms with Crippen LogP contribution in [0.25, 0.3) is 0 Å². The second-order valence-corrected chi connectivity index (χ2v) is 7.03. The van der Waals surface area contributed by atoms with Crippen molar-refractivity contribution in [2.75, 3.05) is 4.72 Å². The van der Waals surface area contributed by atoms with Crippen molar-refractivity contribution in [2.24, 2.45) is 5.73 Å². The molecule has 126 valence electrons. The minimum absolute atomic E-state index is 0.0671. The molecule has 9 heteroatoms. The third kappa shape index (κ3) is 3.67. The zero-order valence-electron chi connectivity index (χ0n) is 12.1. The van der Waals surface area contributed by atoms with Crippen molar-refractivity contribution in [1.82, 2.24) is 0 Å². The standard InChI is InChI=1S/C14H16F2N2O4S/c15-10-5-8(7-17)6-11(16)13(10)18-23(21,22)12-4-2-1-3-9(12)14(19)20/h3,5-6,12,18H,1-2,4,7,17H2,(H,19,20). The molecular formula is C14H16F2N2O4S. The molecule has 0 spiro atoms. The van der Waals surface area contributed by atoms with Crippen LogP contribution in [0.1, 0.15) is 24.8 Å². The van der Waals surface area contributed by atoms with E-state index >= 15 is 0 Å². The summed E-state index contributed by atoms with van der Waals surface area (Å²) >= 11 is 0. The first-order valence-electron chi connectivity index (χ1n) is 6.89. The molecule has 0 fully saturated rings. The molecule has 1 aliphatic rings. The van der Waals surface area contributed by atoms with Crippen LogP contribution >= 0.6 is 0 Å². The number of hydrogen-bond donors (Lipinski definition) is 3. The van der Waals surface area contributed by atoms with E-state index in [1.54, 1.807) is 0 Å². The Hall–Kier alpha value is -2.00. The Kier molecular flexibility index (Phi) is 5.00. The highest BCUT2D eigenvalue weighted by molar-refractivity contribution is 7.93. The zero-order valence-corrected chi connectivity index (χ0v) is 12.9. The highest BCUT2D eigenvalue weighted by Gasteiger charge is 2.35. The number of anilines is 1. The van der Waals surface area contributed by atoms with Gasteiger partial charge in [-0.3, -0.25) is 4.72 Å². The van der Waals surface area contributed by atoms with Crippen molar-refractivity contribution in [3.8, 4) is 0 Å². The monoisotopic (exact) mass is 346 g/mol. The van der Waals surface area contributed by atoms with E-state index in [1.165, 1.54) is 6.08 Å². The summed E-state index contributed by atoms with van der Waals surface area (Å²) in [4.78, 5) is 11.2. The topological polar surface area (TPSA) is 109 Å². The Morgan fingerprint density at radius 1 is 1.35 bits per heavy atom. The number of halogens is 2. The number of carbonyl (C=O) groups is 1. The molecule has 2 rings (SSSR count). The molecule has 1 unspecified atom stereocenters. The minimum Gasteiger partial charge on any atom is -0.478 e. The molecule has 1 aromatic rings. The Bertz CT molecular complexity index is 739. The van der Waals surface area contributed by atoms with E-state index in [4.69, 9.17) is 10.8 Å². The number of nitrogens with one attached hydrogen (secondary N) is 1. The lowest BCUT2D eigenvalue weighted by Crippen LogP contribution is -2.34. The highest BCUT2D eigenvalue weighted by atomic mass is 32.2. The molecule has 0 bridgehead atoms. The van der Waals surface area contributed by atoms with Gasteiger partial charge < -0.3 is 10.8 Å². The number of hydrogen-bond acceptors (Lipinski definition) is 4. The van der Waals surface area contributed by atoms with Crippen molar-refractivity contribution in [3.63, 3.8) is 0 Å². The summed E-state index contributed by atoms with van der Waals surface area (Å²) in [6.45, 7) is -0.102. The molecule has 6 nitrogen and oxygen atoms in total. The molecule has 1 aliphatic carbocycles. The molecule has 1 atom stereocenters. The Morgan fingerprint density at radius 2 is 1.96 bits per heavy atom. The highest BCUT2D eigenvalue weighted by Crippen LogP contribution is 2.29. The lowest BCUT2D eigenvalue weighted by molar-refractivity contribution is -0.132. The van der Waals surface area contributed by atoms with Crippen molar-refractivity contribution in [2.45, 2.75) is 31.1 Å². The Morgan fingerprint density at radius 3 is 2.48 bits per heavy atom. The summed E-state index contributed by atoms with van der Waals surface area (Å²) in [5.74, 6) is -3.57. The number of nitrogens with two attached hydrogens (primary N) is 1. The fourth-order valence-electron chi connectivity index (χ4n) is 2.45. The summed E-state index contributed by atoms with van der Waals surface area (Å²) in [6, 6.07) is 1.85. The summed E-state index contributed by atoms with van der Waals surface area (Å²) in [5, 5.41) is 7.73. The largest absolute Gasteiger partial charge is 0.478 e. The van der Waals surface area contributed by atoms with E-state index < -0.39 is 38.6 Å². The normalized spacial score (nSPS) is 18.4. The van der Waals surface area contributed by atoms with Crippen LogP contribution in [-0.4, -0.2) is 24.7 Å². The van der Waals surface area contributed by atoms with Gasteiger partial charge in [0.1, 0.15) is 10.9 Å². The van der Waals surface area contributed by atoms with E-state index in [2.05, 4.69) is 0 Å². The van der Waals surface area contributed by atoms with Gasteiger partial charge >= 0.3 is 5.97 Å². The molecule has 0 radical (unpaired) electrons. The first kappa shape index (κ1) is 17.4. The maximum atomic E-state index is 13.9. The third-order valence-corrected chi connectivity index (χ3v) is 5.31. The average Bonchev–Trinajstić information content (AvgIpc) is 2.50. The van der Waals surface area contributed by atoms with Crippen molar-refractivity contribution in [3.05, 3.63) is 41.0 Å². The van der Waals surface area contributed by atoms with Crippen LogP contribution in [0.4, 0.5) is 14.5 Å². The van der Waals surface area contributed by atoms with Gasteiger partial charge in [0, 0.05) is 6.54 Å². The SMILES string of the molecule is NCc1cc(F)c(NS(=O)(=O)C2CCCC=C2C(=O)O)c(F)c1. The van der Waals surface area contributed by atoms with E-state index in [9.17, 15) is 22.0 Å². The van der Waals surface area contributed by atoms with E-state index in [-0.39, 0.29) is 24.1 Å². The molecular weight excluding hydrogens is 330 g/mol. The van der Waals surface area contributed by atoms with Crippen LogP contribution in [0.5, 0.6) is 0 Å². The predicted molar refractivity (Wildman–Crippen MR) is 80.1 cm³/mol. The summed E-state index contributed by atoms with van der Waals surface area (Å²) in [6.07, 6.45) is 2.30. The van der Waals surface area contributed by atoms with E-state index in [0.717, 1.165) is 12.1 Å². The number of rotatable bonds is 5. The fraction of sp³-hybridized carbons (Fsp3) is 0.357. The zero-order chi connectivity index (χ0) is 17.2. The summed E-state index contributed by atoms with van der Waals surface area (Å²) < 4.78 is 54.3. The van der Waals surface area contributed by atoms with Gasteiger partial charge in [0.25, 0.3) is 0 Å². The van der Waals surface area contributed by atoms with Gasteiger partial charge in [0.2, 0.25) is 10.0 Å². The van der Waals surface area contributed by atoms with Crippen molar-refractivity contribution < 1.29 is 27.1 Å². The fourth-order valence-corrected chi connectivity index (χ4v) is 4.08. The molecule has 0 aromatic heterocycles. The predicted octanol–water partition coefficient (Wildman–Crippen LogP) is 1.73. The molecule has 0 heterocycles. The smallest absolute Gasteiger partial charge is 0.332 e. The van der Waals surface area contributed by atoms with Gasteiger partial charge in [0.15, 0.2) is 11.6 Å². The lowest BCUT2D eigenvalue weighted by atomic mass is 9.99. The number of sulfonamides is 1.